The molecule has 0 heterocycles. The molecule has 0 fully saturated rings. The molecule has 1 amide bonds. The van der Waals surface area contributed by atoms with E-state index in [9.17, 15) is 9.59 Å². The first-order chi connectivity index (χ1) is 13.9. The SMILES string of the molecule is C=C(C(=O)Nc1ccc(N)c(C([NH3+])c2ccc(C(=O)O)cc2)c1)c1ccccc1. The average Bonchev–Trinajstić information content (AvgIpc) is 2.74. The quantitative estimate of drug-likeness (QED) is 0.383. The molecule has 0 saturated carbocycles. The molecule has 6 heteroatoms. The van der Waals surface area contributed by atoms with Crippen LogP contribution in [0.2, 0.25) is 0 Å². The van der Waals surface area contributed by atoms with Crippen LogP contribution in [0.25, 0.3) is 5.57 Å². The first-order valence-electron chi connectivity index (χ1n) is 8.98. The first-order valence-corrected chi connectivity index (χ1v) is 8.98. The molecule has 3 aromatic rings. The Hall–Kier alpha value is -3.90. The van der Waals surface area contributed by atoms with E-state index in [1.807, 2.05) is 30.3 Å². The minimum Gasteiger partial charge on any atom is -0.478 e. The summed E-state index contributed by atoms with van der Waals surface area (Å²) in [5, 5.41) is 11.9. The zero-order valence-corrected chi connectivity index (χ0v) is 15.8. The molecule has 1 unspecified atom stereocenters. The summed E-state index contributed by atoms with van der Waals surface area (Å²) < 4.78 is 0. The highest BCUT2D eigenvalue weighted by molar-refractivity contribution is 6.24. The fourth-order valence-electron chi connectivity index (χ4n) is 2.97. The van der Waals surface area contributed by atoms with Crippen molar-refractivity contribution in [1.82, 2.24) is 0 Å². The van der Waals surface area contributed by atoms with Gasteiger partial charge in [-0.25, -0.2) is 4.79 Å². The summed E-state index contributed by atoms with van der Waals surface area (Å²) in [5.41, 5.74) is 14.3. The molecule has 0 aliphatic carbocycles. The highest BCUT2D eigenvalue weighted by Gasteiger charge is 2.18. The van der Waals surface area contributed by atoms with Crippen molar-refractivity contribution in [2.24, 2.45) is 0 Å². The van der Waals surface area contributed by atoms with E-state index < -0.39 is 5.97 Å². The minimum atomic E-state index is -0.986. The second kappa shape index (κ2) is 8.41. The molecule has 3 rings (SSSR count). The van der Waals surface area contributed by atoms with Gasteiger partial charge in [-0.05, 0) is 35.9 Å². The van der Waals surface area contributed by atoms with Crippen molar-refractivity contribution < 1.29 is 20.4 Å². The van der Waals surface area contributed by atoms with Gasteiger partial charge in [-0.3, -0.25) is 4.79 Å². The van der Waals surface area contributed by atoms with Crippen LogP contribution in [0.15, 0.2) is 79.4 Å². The molecule has 1 atom stereocenters. The highest BCUT2D eigenvalue weighted by atomic mass is 16.4. The lowest BCUT2D eigenvalue weighted by Crippen LogP contribution is -2.54. The molecule has 0 spiro atoms. The fraction of sp³-hybridized carbons (Fsp3) is 0.0435. The highest BCUT2D eigenvalue weighted by Crippen LogP contribution is 2.27. The number of carbonyl (C=O) groups excluding carboxylic acids is 1. The number of carboxylic acids is 1. The van der Waals surface area contributed by atoms with Gasteiger partial charge < -0.3 is 21.9 Å². The molecular weight excluding hydrogens is 366 g/mol. The molecule has 6 nitrogen and oxygen atoms in total. The van der Waals surface area contributed by atoms with Gasteiger partial charge >= 0.3 is 5.97 Å². The molecule has 0 bridgehead atoms. The number of nitrogens with two attached hydrogens (primary N) is 1. The fourth-order valence-corrected chi connectivity index (χ4v) is 2.97. The summed E-state index contributed by atoms with van der Waals surface area (Å²) in [6, 6.07) is 20.6. The van der Waals surface area contributed by atoms with Crippen LogP contribution in [0.5, 0.6) is 0 Å². The van der Waals surface area contributed by atoms with Crippen molar-refractivity contribution in [3.63, 3.8) is 0 Å². The van der Waals surface area contributed by atoms with Gasteiger partial charge in [-0.2, -0.15) is 0 Å². The van der Waals surface area contributed by atoms with Crippen molar-refractivity contribution in [1.29, 1.82) is 0 Å². The van der Waals surface area contributed by atoms with Crippen molar-refractivity contribution in [2.45, 2.75) is 6.04 Å². The lowest BCUT2D eigenvalue weighted by molar-refractivity contribution is -0.411. The van der Waals surface area contributed by atoms with Crippen LogP contribution in [0.4, 0.5) is 11.4 Å². The number of nitrogen functional groups attached to an aromatic ring is 1. The Labute approximate surface area is 168 Å². The van der Waals surface area contributed by atoms with Gasteiger partial charge in [0.2, 0.25) is 0 Å². The Kier molecular flexibility index (Phi) is 5.76. The Morgan fingerprint density at radius 2 is 1.62 bits per heavy atom. The van der Waals surface area contributed by atoms with Gasteiger partial charge in [0.15, 0.2) is 0 Å². The van der Waals surface area contributed by atoms with E-state index in [1.54, 1.807) is 30.3 Å². The maximum absolute atomic E-state index is 12.5. The van der Waals surface area contributed by atoms with E-state index >= 15 is 0 Å². The monoisotopic (exact) mass is 388 g/mol. The Morgan fingerprint density at radius 1 is 0.966 bits per heavy atom. The van der Waals surface area contributed by atoms with E-state index in [1.165, 1.54) is 12.1 Å². The number of anilines is 2. The zero-order valence-electron chi connectivity index (χ0n) is 15.8. The number of rotatable bonds is 6. The van der Waals surface area contributed by atoms with Gasteiger partial charge in [-0.15, -0.1) is 0 Å². The molecule has 29 heavy (non-hydrogen) atoms. The normalized spacial score (nSPS) is 11.5. The Morgan fingerprint density at radius 3 is 2.24 bits per heavy atom. The van der Waals surface area contributed by atoms with E-state index in [2.05, 4.69) is 17.6 Å². The number of quaternary nitrogens is 1. The maximum atomic E-state index is 12.5. The number of carboxylic acid groups (broad SMARTS) is 1. The van der Waals surface area contributed by atoms with Crippen LogP contribution in [0.1, 0.15) is 33.1 Å². The molecule has 0 aliphatic rings. The van der Waals surface area contributed by atoms with E-state index in [0.717, 1.165) is 16.7 Å². The first kappa shape index (κ1) is 19.9. The second-order valence-corrected chi connectivity index (χ2v) is 6.62. The summed E-state index contributed by atoms with van der Waals surface area (Å²) in [6.07, 6.45) is 0. The smallest absolute Gasteiger partial charge is 0.335 e. The number of aromatic carboxylic acids is 1. The lowest BCUT2D eigenvalue weighted by Gasteiger charge is -2.15. The van der Waals surface area contributed by atoms with E-state index in [0.29, 0.717) is 16.9 Å². The number of carbonyl (C=O) groups is 2. The molecule has 3 aromatic carbocycles. The maximum Gasteiger partial charge on any atom is 0.335 e. The summed E-state index contributed by atoms with van der Waals surface area (Å²) in [6.45, 7) is 3.87. The van der Waals surface area contributed by atoms with Crippen LogP contribution < -0.4 is 16.8 Å². The standard InChI is InChI=1S/C23H21N3O3/c1-14(15-5-3-2-4-6-15)22(27)26-18-11-12-20(24)19(13-18)21(25)16-7-9-17(10-8-16)23(28)29/h2-13,21H,1,24-25H2,(H,26,27)(H,28,29)/p+1. The van der Waals surface area contributed by atoms with Gasteiger partial charge in [-0.1, -0.05) is 49.0 Å². The predicted molar refractivity (Wildman–Crippen MR) is 113 cm³/mol. The number of hydrogen-bond donors (Lipinski definition) is 4. The second-order valence-electron chi connectivity index (χ2n) is 6.62. The van der Waals surface area contributed by atoms with Crippen LogP contribution in [0, 0.1) is 0 Å². The van der Waals surface area contributed by atoms with Gasteiger partial charge in [0.1, 0.15) is 6.04 Å². The van der Waals surface area contributed by atoms with Gasteiger partial charge in [0.05, 0.1) is 5.56 Å². The van der Waals surface area contributed by atoms with Gasteiger partial charge in [0.25, 0.3) is 5.91 Å². The third-order valence-corrected chi connectivity index (χ3v) is 4.68. The van der Waals surface area contributed by atoms with Crippen molar-refractivity contribution in [2.75, 3.05) is 11.1 Å². The molecule has 0 aromatic heterocycles. The summed E-state index contributed by atoms with van der Waals surface area (Å²) >= 11 is 0. The van der Waals surface area contributed by atoms with Gasteiger partial charge in [0, 0.05) is 28.1 Å². The van der Waals surface area contributed by atoms with E-state index in [4.69, 9.17) is 10.8 Å². The van der Waals surface area contributed by atoms with Crippen LogP contribution in [-0.4, -0.2) is 17.0 Å². The number of hydrogen-bond acceptors (Lipinski definition) is 3. The van der Waals surface area contributed by atoms with Crippen LogP contribution in [0.3, 0.4) is 0 Å². The zero-order chi connectivity index (χ0) is 21.0. The van der Waals surface area contributed by atoms with Crippen LogP contribution in [-0.2, 0) is 4.79 Å². The molecule has 0 aliphatic heterocycles. The van der Waals surface area contributed by atoms with Crippen LogP contribution >= 0.6 is 0 Å². The molecule has 0 radical (unpaired) electrons. The molecule has 0 saturated heterocycles. The number of benzene rings is 3. The third kappa shape index (κ3) is 4.51. The summed E-state index contributed by atoms with van der Waals surface area (Å²) in [4.78, 5) is 23.6. The molecular formula is C23H22N3O3+. The topological polar surface area (TPSA) is 120 Å². The lowest BCUT2D eigenvalue weighted by atomic mass is 9.96. The Bertz CT molecular complexity index is 1060. The summed E-state index contributed by atoms with van der Waals surface area (Å²) in [5.74, 6) is -1.29. The molecule has 146 valence electrons. The van der Waals surface area contributed by atoms with Crippen molar-refractivity contribution in [3.8, 4) is 0 Å². The predicted octanol–water partition coefficient (Wildman–Crippen LogP) is 2.95. The summed E-state index contributed by atoms with van der Waals surface area (Å²) in [7, 11) is 0. The van der Waals surface area contributed by atoms with E-state index in [-0.39, 0.29) is 17.5 Å². The average molecular weight is 388 g/mol. The van der Waals surface area contributed by atoms with Crippen molar-refractivity contribution in [3.05, 3.63) is 102 Å². The number of amides is 1. The minimum absolute atomic E-state index is 0.203. The van der Waals surface area contributed by atoms with Crippen molar-refractivity contribution >= 4 is 28.8 Å². The molecule has 7 N–H and O–H groups in total. The Balaban J connectivity index is 1.81. The number of nitrogens with one attached hydrogen (secondary N) is 1. The third-order valence-electron chi connectivity index (χ3n) is 4.68. The largest absolute Gasteiger partial charge is 0.478 e.